The van der Waals surface area contributed by atoms with E-state index in [0.717, 1.165) is 0 Å². The predicted octanol–water partition coefficient (Wildman–Crippen LogP) is 4.19. The molecule has 1 aromatic rings. The summed E-state index contributed by atoms with van der Waals surface area (Å²) in [5, 5.41) is 0. The summed E-state index contributed by atoms with van der Waals surface area (Å²) in [7, 11) is 0. The largest absolute Gasteiger partial charge is 0.230 e. The van der Waals surface area contributed by atoms with Crippen LogP contribution in [0.25, 0.3) is 0 Å². The van der Waals surface area contributed by atoms with Gasteiger partial charge in [0.1, 0.15) is 6.54 Å². The molecule has 1 aromatic carbocycles. The molecule has 0 saturated heterocycles. The van der Waals surface area contributed by atoms with E-state index in [1.54, 1.807) is 5.71 Å². The molecule has 0 fully saturated rings. The van der Waals surface area contributed by atoms with Gasteiger partial charge in [-0.15, -0.1) is 0 Å². The fourth-order valence-corrected chi connectivity index (χ4v) is 2.85. The highest BCUT2D eigenvalue weighted by Crippen LogP contribution is 2.21. The van der Waals surface area contributed by atoms with Gasteiger partial charge in [0, 0.05) is 31.7 Å². The van der Waals surface area contributed by atoms with Gasteiger partial charge < -0.3 is 0 Å². The minimum atomic E-state index is 0.540. The molecule has 1 atom stereocenters. The summed E-state index contributed by atoms with van der Waals surface area (Å²) in [5.74, 6) is 0. The highest BCUT2D eigenvalue weighted by molar-refractivity contribution is 5.80. The molecule has 2 rings (SSSR count). The van der Waals surface area contributed by atoms with Crippen LogP contribution in [0.4, 0.5) is 0 Å². The number of rotatable bonds is 4. The van der Waals surface area contributed by atoms with E-state index in [-0.39, 0.29) is 0 Å². The van der Waals surface area contributed by atoms with E-state index < -0.39 is 0 Å². The van der Waals surface area contributed by atoms with Crippen LogP contribution in [0, 0.1) is 0 Å². The predicted molar refractivity (Wildman–Crippen MR) is 73.8 cm³/mol. The van der Waals surface area contributed by atoms with Crippen LogP contribution in [-0.4, -0.2) is 16.8 Å². The van der Waals surface area contributed by atoms with Crippen molar-refractivity contribution < 1.29 is 4.58 Å². The second kappa shape index (κ2) is 6.00. The smallest absolute Gasteiger partial charge is 0.175 e. The summed E-state index contributed by atoms with van der Waals surface area (Å²) >= 11 is 0. The minimum absolute atomic E-state index is 0.540. The van der Waals surface area contributed by atoms with E-state index in [4.69, 9.17) is 0 Å². The third-order valence-corrected chi connectivity index (χ3v) is 3.81. The highest BCUT2D eigenvalue weighted by Gasteiger charge is 2.25. The SMILES string of the molecule is CCCC1=[N+]([C@@H](C)c2ccccc2)CCCC1. The zero-order chi connectivity index (χ0) is 12.1. The van der Waals surface area contributed by atoms with Gasteiger partial charge in [0.25, 0.3) is 0 Å². The monoisotopic (exact) mass is 230 g/mol. The van der Waals surface area contributed by atoms with Crippen molar-refractivity contribution in [2.45, 2.75) is 52.0 Å². The molecule has 17 heavy (non-hydrogen) atoms. The lowest BCUT2D eigenvalue weighted by Crippen LogP contribution is -2.29. The van der Waals surface area contributed by atoms with Crippen molar-refractivity contribution >= 4 is 5.71 Å². The molecule has 0 N–H and O–H groups in total. The third kappa shape index (κ3) is 2.96. The van der Waals surface area contributed by atoms with Crippen LogP contribution in [-0.2, 0) is 0 Å². The average Bonchev–Trinajstić information content (AvgIpc) is 2.40. The molecular weight excluding hydrogens is 206 g/mol. The Morgan fingerprint density at radius 3 is 2.65 bits per heavy atom. The first kappa shape index (κ1) is 12.3. The molecular formula is C16H24N+. The Morgan fingerprint density at radius 2 is 1.94 bits per heavy atom. The van der Waals surface area contributed by atoms with Crippen LogP contribution in [0.5, 0.6) is 0 Å². The second-order valence-electron chi connectivity index (χ2n) is 5.05. The third-order valence-electron chi connectivity index (χ3n) is 3.81. The van der Waals surface area contributed by atoms with Crippen LogP contribution in [0.1, 0.15) is 57.6 Å². The Bertz CT molecular complexity index is 378. The first-order chi connectivity index (χ1) is 8.33. The molecule has 0 spiro atoms. The van der Waals surface area contributed by atoms with E-state index in [9.17, 15) is 0 Å². The molecule has 1 aliphatic heterocycles. The normalized spacial score (nSPS) is 18.2. The Balaban J connectivity index is 2.24. The molecule has 1 heterocycles. The molecule has 0 radical (unpaired) electrons. The topological polar surface area (TPSA) is 3.01 Å². The van der Waals surface area contributed by atoms with Gasteiger partial charge in [-0.25, -0.2) is 4.58 Å². The Hall–Kier alpha value is -1.11. The maximum Gasteiger partial charge on any atom is 0.175 e. The molecule has 1 nitrogen and oxygen atoms in total. The lowest BCUT2D eigenvalue weighted by molar-refractivity contribution is -0.574. The lowest BCUT2D eigenvalue weighted by atomic mass is 10.00. The summed E-state index contributed by atoms with van der Waals surface area (Å²) in [5.41, 5.74) is 3.12. The van der Waals surface area contributed by atoms with E-state index in [0.29, 0.717) is 6.04 Å². The van der Waals surface area contributed by atoms with Gasteiger partial charge in [0.05, 0.1) is 0 Å². The van der Waals surface area contributed by atoms with Gasteiger partial charge in [-0.2, -0.15) is 0 Å². The Kier molecular flexibility index (Phi) is 4.36. The molecule has 0 aromatic heterocycles. The van der Waals surface area contributed by atoms with Crippen LogP contribution in [0.2, 0.25) is 0 Å². The van der Waals surface area contributed by atoms with Gasteiger partial charge in [-0.3, -0.25) is 0 Å². The molecule has 1 heteroatoms. The maximum absolute atomic E-state index is 2.64. The number of nitrogens with zero attached hydrogens (tertiary/aromatic N) is 1. The Morgan fingerprint density at radius 1 is 1.18 bits per heavy atom. The summed E-state index contributed by atoms with van der Waals surface area (Å²) < 4.78 is 2.64. The molecule has 0 saturated carbocycles. The first-order valence-electron chi connectivity index (χ1n) is 6.99. The van der Waals surface area contributed by atoms with Crippen LogP contribution >= 0.6 is 0 Å². The number of hydrogen-bond acceptors (Lipinski definition) is 0. The van der Waals surface area contributed by atoms with Gasteiger partial charge in [-0.05, 0) is 12.8 Å². The molecule has 0 bridgehead atoms. The summed E-state index contributed by atoms with van der Waals surface area (Å²) in [6.45, 7) is 5.87. The van der Waals surface area contributed by atoms with E-state index in [1.807, 2.05) is 0 Å². The minimum Gasteiger partial charge on any atom is -0.230 e. The van der Waals surface area contributed by atoms with E-state index in [1.165, 1.54) is 44.2 Å². The molecule has 1 aliphatic rings. The summed E-state index contributed by atoms with van der Waals surface area (Å²) in [6, 6.07) is 11.4. The second-order valence-corrected chi connectivity index (χ2v) is 5.05. The standard InChI is InChI=1S/C16H24N/c1-3-9-16-12-7-8-13-17(16)14(2)15-10-5-4-6-11-15/h4-6,10-11,14H,3,7-9,12-13H2,1-2H3/q+1/t14-/m0/s1. The zero-order valence-corrected chi connectivity index (χ0v) is 11.2. The fourth-order valence-electron chi connectivity index (χ4n) is 2.85. The van der Waals surface area contributed by atoms with Crippen LogP contribution in [0.3, 0.4) is 0 Å². The van der Waals surface area contributed by atoms with Crippen molar-refractivity contribution in [2.75, 3.05) is 6.54 Å². The maximum atomic E-state index is 2.64. The molecule has 0 amide bonds. The zero-order valence-electron chi connectivity index (χ0n) is 11.2. The number of benzene rings is 1. The molecule has 0 aliphatic carbocycles. The van der Waals surface area contributed by atoms with Crippen molar-refractivity contribution in [1.29, 1.82) is 0 Å². The highest BCUT2D eigenvalue weighted by atomic mass is 15.0. The quantitative estimate of drug-likeness (QED) is 0.682. The fraction of sp³-hybridized carbons (Fsp3) is 0.562. The van der Waals surface area contributed by atoms with Gasteiger partial charge in [-0.1, -0.05) is 37.3 Å². The van der Waals surface area contributed by atoms with Crippen molar-refractivity contribution in [3.63, 3.8) is 0 Å². The van der Waals surface area contributed by atoms with E-state index >= 15 is 0 Å². The summed E-state index contributed by atoms with van der Waals surface area (Å²) in [6.07, 6.45) is 6.59. The average molecular weight is 230 g/mol. The van der Waals surface area contributed by atoms with Crippen molar-refractivity contribution in [1.82, 2.24) is 0 Å². The van der Waals surface area contributed by atoms with Gasteiger partial charge in [0.2, 0.25) is 0 Å². The molecule has 92 valence electrons. The number of hydrogen-bond donors (Lipinski definition) is 0. The van der Waals surface area contributed by atoms with Crippen LogP contribution < -0.4 is 0 Å². The lowest BCUT2D eigenvalue weighted by Gasteiger charge is -2.20. The van der Waals surface area contributed by atoms with E-state index in [2.05, 4.69) is 48.8 Å². The molecule has 0 unspecified atom stereocenters. The summed E-state index contributed by atoms with van der Waals surface area (Å²) in [4.78, 5) is 0. The van der Waals surface area contributed by atoms with Crippen molar-refractivity contribution in [3.05, 3.63) is 35.9 Å². The van der Waals surface area contributed by atoms with Crippen molar-refractivity contribution in [2.24, 2.45) is 0 Å². The first-order valence-corrected chi connectivity index (χ1v) is 6.99. The van der Waals surface area contributed by atoms with Gasteiger partial charge in [0.15, 0.2) is 11.8 Å². The van der Waals surface area contributed by atoms with Crippen molar-refractivity contribution in [3.8, 4) is 0 Å². The van der Waals surface area contributed by atoms with Gasteiger partial charge >= 0.3 is 0 Å². The Labute approximate surface area is 105 Å². The van der Waals surface area contributed by atoms with Crippen LogP contribution in [0.15, 0.2) is 30.3 Å².